The summed E-state index contributed by atoms with van der Waals surface area (Å²) in [7, 11) is -3.82. The highest BCUT2D eigenvalue weighted by Crippen LogP contribution is 2.26. The van der Waals surface area contributed by atoms with E-state index in [4.69, 9.17) is 23.2 Å². The van der Waals surface area contributed by atoms with Crippen molar-refractivity contribution in [3.8, 4) is 0 Å². The highest BCUT2D eigenvalue weighted by molar-refractivity contribution is 7.92. The first-order chi connectivity index (χ1) is 15.5. The molecule has 10 heteroatoms. The average Bonchev–Trinajstić information content (AvgIpc) is 2.75. The topological polar surface area (TPSA) is 86.8 Å². The number of nitrogens with one attached hydrogen (secondary N) is 1. The molecule has 0 aliphatic carbocycles. The normalized spacial score (nSPS) is 12.2. The van der Waals surface area contributed by atoms with E-state index >= 15 is 0 Å². The lowest BCUT2D eigenvalue weighted by Gasteiger charge is -2.31. The Labute approximate surface area is 205 Å². The molecule has 2 amide bonds. The first kappa shape index (κ1) is 27.0. The number of hydrogen-bond donors (Lipinski definition) is 1. The van der Waals surface area contributed by atoms with Crippen molar-refractivity contribution in [3.63, 3.8) is 0 Å². The number of rotatable bonds is 10. The fraction of sp³-hybridized carbons (Fsp3) is 0.391. The Balaban J connectivity index is 2.40. The van der Waals surface area contributed by atoms with E-state index < -0.39 is 28.5 Å². The minimum Gasteiger partial charge on any atom is -0.354 e. The van der Waals surface area contributed by atoms with Crippen LogP contribution in [-0.2, 0) is 26.2 Å². The lowest BCUT2D eigenvalue weighted by molar-refractivity contribution is -0.139. The van der Waals surface area contributed by atoms with E-state index in [2.05, 4.69) is 5.32 Å². The van der Waals surface area contributed by atoms with Crippen LogP contribution in [0.3, 0.4) is 0 Å². The minimum atomic E-state index is -3.82. The van der Waals surface area contributed by atoms with Gasteiger partial charge in [-0.2, -0.15) is 0 Å². The number of halogens is 2. The highest BCUT2D eigenvalue weighted by atomic mass is 35.5. The van der Waals surface area contributed by atoms with Crippen LogP contribution >= 0.6 is 23.2 Å². The Morgan fingerprint density at radius 3 is 2.33 bits per heavy atom. The molecule has 0 aliphatic heterocycles. The maximum atomic E-state index is 13.4. The molecule has 0 aliphatic rings. The molecule has 0 aromatic heterocycles. The highest BCUT2D eigenvalue weighted by Gasteiger charge is 2.30. The maximum Gasteiger partial charge on any atom is 0.244 e. The maximum absolute atomic E-state index is 13.4. The molecule has 1 unspecified atom stereocenters. The number of sulfonamides is 1. The van der Waals surface area contributed by atoms with Gasteiger partial charge in [-0.3, -0.25) is 13.9 Å². The predicted octanol–water partition coefficient (Wildman–Crippen LogP) is 4.01. The van der Waals surface area contributed by atoms with E-state index in [9.17, 15) is 18.0 Å². The Morgan fingerprint density at radius 1 is 1.09 bits per heavy atom. The minimum absolute atomic E-state index is 0.0471. The molecule has 33 heavy (non-hydrogen) atoms. The summed E-state index contributed by atoms with van der Waals surface area (Å²) in [6.45, 7) is 5.35. The summed E-state index contributed by atoms with van der Waals surface area (Å²) in [5.74, 6) is -0.877. The number of carbonyl (C=O) groups is 2. The van der Waals surface area contributed by atoms with Crippen LogP contribution in [0.4, 0.5) is 5.69 Å². The largest absolute Gasteiger partial charge is 0.354 e. The molecule has 0 spiro atoms. The smallest absolute Gasteiger partial charge is 0.244 e. The molecule has 0 saturated carbocycles. The zero-order chi connectivity index (χ0) is 24.8. The van der Waals surface area contributed by atoms with Gasteiger partial charge in [0.15, 0.2) is 0 Å². The number of amides is 2. The number of nitrogens with zero attached hydrogens (tertiary/aromatic N) is 2. The SMILES string of the molecule is CCCNC(=O)C(C)N(Cc1ccccc1Cl)C(=O)CN(c1ccc(C)c(Cl)c1)S(C)(=O)=O. The second-order valence-corrected chi connectivity index (χ2v) is 10.5. The fourth-order valence-electron chi connectivity index (χ4n) is 3.14. The van der Waals surface area contributed by atoms with Gasteiger partial charge in [-0.05, 0) is 49.6 Å². The second kappa shape index (κ2) is 11.7. The van der Waals surface area contributed by atoms with Gasteiger partial charge >= 0.3 is 0 Å². The molecule has 1 atom stereocenters. The molecular weight excluding hydrogens is 485 g/mol. The van der Waals surface area contributed by atoms with Crippen molar-refractivity contribution in [2.24, 2.45) is 0 Å². The van der Waals surface area contributed by atoms with Crippen molar-refractivity contribution in [2.45, 2.75) is 39.8 Å². The molecular formula is C23H29Cl2N3O4S. The van der Waals surface area contributed by atoms with Crippen molar-refractivity contribution in [3.05, 3.63) is 63.6 Å². The Hall–Kier alpha value is -2.29. The van der Waals surface area contributed by atoms with Crippen molar-refractivity contribution in [2.75, 3.05) is 23.7 Å². The van der Waals surface area contributed by atoms with Crippen molar-refractivity contribution in [1.29, 1.82) is 0 Å². The Morgan fingerprint density at radius 2 is 1.76 bits per heavy atom. The van der Waals surface area contributed by atoms with Gasteiger partial charge in [-0.25, -0.2) is 8.42 Å². The molecule has 0 fully saturated rings. The van der Waals surface area contributed by atoms with Gasteiger partial charge in [0.25, 0.3) is 0 Å². The zero-order valence-corrected chi connectivity index (χ0v) is 21.5. The van der Waals surface area contributed by atoms with E-state index in [-0.39, 0.29) is 18.1 Å². The van der Waals surface area contributed by atoms with Crippen molar-refractivity contribution < 1.29 is 18.0 Å². The lowest BCUT2D eigenvalue weighted by atomic mass is 10.1. The van der Waals surface area contributed by atoms with Gasteiger partial charge < -0.3 is 10.2 Å². The monoisotopic (exact) mass is 513 g/mol. The summed E-state index contributed by atoms with van der Waals surface area (Å²) in [6, 6.07) is 10.9. The van der Waals surface area contributed by atoms with E-state index in [1.807, 2.05) is 6.92 Å². The quantitative estimate of drug-likeness (QED) is 0.519. The number of hydrogen-bond acceptors (Lipinski definition) is 4. The van der Waals surface area contributed by atoms with Gasteiger partial charge in [0.1, 0.15) is 12.6 Å². The van der Waals surface area contributed by atoms with E-state index in [0.29, 0.717) is 22.2 Å². The molecule has 180 valence electrons. The van der Waals surface area contributed by atoms with Gasteiger partial charge in [-0.15, -0.1) is 0 Å². The third kappa shape index (κ3) is 7.35. The Kier molecular flexibility index (Phi) is 9.57. The summed E-state index contributed by atoms with van der Waals surface area (Å²) < 4.78 is 26.1. The van der Waals surface area contributed by atoms with Crippen LogP contribution < -0.4 is 9.62 Å². The van der Waals surface area contributed by atoms with Gasteiger partial charge in [0.05, 0.1) is 11.9 Å². The number of aryl methyl sites for hydroxylation is 1. The first-order valence-electron chi connectivity index (χ1n) is 10.5. The third-order valence-corrected chi connectivity index (χ3v) is 7.05. The summed E-state index contributed by atoms with van der Waals surface area (Å²) in [5.41, 5.74) is 1.69. The third-order valence-electron chi connectivity index (χ3n) is 5.14. The van der Waals surface area contributed by atoms with Gasteiger partial charge in [0.2, 0.25) is 21.8 Å². The molecule has 1 N–H and O–H groups in total. The molecule has 2 aromatic carbocycles. The summed E-state index contributed by atoms with van der Waals surface area (Å²) in [6.07, 6.45) is 1.76. The van der Waals surface area contributed by atoms with Crippen molar-refractivity contribution in [1.82, 2.24) is 10.2 Å². The molecule has 0 bridgehead atoms. The zero-order valence-electron chi connectivity index (χ0n) is 19.1. The predicted molar refractivity (Wildman–Crippen MR) is 133 cm³/mol. The van der Waals surface area contributed by atoms with Crippen LogP contribution in [-0.4, -0.2) is 50.5 Å². The summed E-state index contributed by atoms with van der Waals surface area (Å²) >= 11 is 12.5. The number of carbonyl (C=O) groups excluding carboxylic acids is 2. The van der Waals surface area contributed by atoms with Crippen LogP contribution in [0.1, 0.15) is 31.4 Å². The number of benzene rings is 2. The molecule has 0 heterocycles. The molecule has 2 aromatic rings. The molecule has 7 nitrogen and oxygen atoms in total. The first-order valence-corrected chi connectivity index (χ1v) is 13.1. The molecule has 0 saturated heterocycles. The second-order valence-electron chi connectivity index (χ2n) is 7.78. The van der Waals surface area contributed by atoms with E-state index in [1.54, 1.807) is 50.2 Å². The molecule has 2 rings (SSSR count). The summed E-state index contributed by atoms with van der Waals surface area (Å²) in [4.78, 5) is 27.4. The average molecular weight is 514 g/mol. The van der Waals surface area contributed by atoms with Crippen LogP contribution in [0.2, 0.25) is 10.0 Å². The number of anilines is 1. The summed E-state index contributed by atoms with van der Waals surface area (Å²) in [5, 5.41) is 3.61. The van der Waals surface area contributed by atoms with E-state index in [0.717, 1.165) is 22.5 Å². The lowest BCUT2D eigenvalue weighted by Crippen LogP contribution is -2.51. The van der Waals surface area contributed by atoms with Gasteiger partial charge in [0, 0.05) is 23.1 Å². The van der Waals surface area contributed by atoms with Gasteiger partial charge in [-0.1, -0.05) is 54.4 Å². The van der Waals surface area contributed by atoms with Crippen LogP contribution in [0.5, 0.6) is 0 Å². The Bertz CT molecular complexity index is 1110. The fourth-order valence-corrected chi connectivity index (χ4v) is 4.35. The van der Waals surface area contributed by atoms with Crippen molar-refractivity contribution >= 4 is 50.7 Å². The van der Waals surface area contributed by atoms with E-state index in [1.165, 1.54) is 11.0 Å². The van der Waals surface area contributed by atoms with Crippen LogP contribution in [0.15, 0.2) is 42.5 Å². The van der Waals surface area contributed by atoms with Crippen LogP contribution in [0.25, 0.3) is 0 Å². The standard InChI is InChI=1S/C23H29Cl2N3O4S/c1-5-12-26-23(30)17(3)27(14-18-8-6-7-9-20(18)24)22(29)15-28(33(4,31)32)19-11-10-16(2)21(25)13-19/h6-11,13,17H,5,12,14-15H2,1-4H3,(H,26,30). The van der Waals surface area contributed by atoms with Crippen LogP contribution in [0, 0.1) is 6.92 Å². The molecule has 0 radical (unpaired) electrons.